The van der Waals surface area contributed by atoms with Crippen LogP contribution in [0.25, 0.3) is 0 Å². The van der Waals surface area contributed by atoms with E-state index in [0.29, 0.717) is 12.3 Å². The molecule has 0 radical (unpaired) electrons. The Morgan fingerprint density at radius 2 is 2.00 bits per heavy atom. The summed E-state index contributed by atoms with van der Waals surface area (Å²) in [4.78, 5) is 11.9. The van der Waals surface area contributed by atoms with E-state index in [2.05, 4.69) is 46.9 Å². The largest absolute Gasteiger partial charge is 0.353 e. The third-order valence-electron chi connectivity index (χ3n) is 4.65. The van der Waals surface area contributed by atoms with Crippen LogP contribution in [-0.2, 0) is 4.79 Å². The first kappa shape index (κ1) is 14.5. The first-order valence-corrected chi connectivity index (χ1v) is 6.60. The summed E-state index contributed by atoms with van der Waals surface area (Å²) in [7, 11) is 0. The van der Waals surface area contributed by atoms with Crippen LogP contribution in [0, 0.1) is 16.7 Å². The summed E-state index contributed by atoms with van der Waals surface area (Å²) in [5, 5.41) is 3.12. The Kier molecular flexibility index (Phi) is 3.92. The number of rotatable bonds is 3. The summed E-state index contributed by atoms with van der Waals surface area (Å²) in [6.07, 6.45) is 1.51. The van der Waals surface area contributed by atoms with E-state index in [1.807, 2.05) is 0 Å². The first-order valence-electron chi connectivity index (χ1n) is 6.60. The number of hydrogen-bond donors (Lipinski definition) is 2. The lowest BCUT2D eigenvalue weighted by molar-refractivity contribution is -0.125. The summed E-state index contributed by atoms with van der Waals surface area (Å²) in [6, 6.07) is 0.463. The van der Waals surface area contributed by atoms with Crippen LogP contribution < -0.4 is 11.1 Å². The molecule has 0 heterocycles. The average molecular weight is 240 g/mol. The Morgan fingerprint density at radius 3 is 2.35 bits per heavy atom. The van der Waals surface area contributed by atoms with Crippen molar-refractivity contribution in [3.63, 3.8) is 0 Å². The molecule has 3 N–H and O–H groups in total. The lowest BCUT2D eigenvalue weighted by Gasteiger charge is -2.50. The van der Waals surface area contributed by atoms with Crippen molar-refractivity contribution in [2.45, 2.75) is 66.5 Å². The molecule has 17 heavy (non-hydrogen) atoms. The third-order valence-corrected chi connectivity index (χ3v) is 4.65. The molecule has 1 amide bonds. The van der Waals surface area contributed by atoms with Gasteiger partial charge < -0.3 is 11.1 Å². The second kappa shape index (κ2) is 4.60. The smallest absolute Gasteiger partial charge is 0.220 e. The van der Waals surface area contributed by atoms with Crippen molar-refractivity contribution in [2.24, 2.45) is 22.5 Å². The molecule has 100 valence electrons. The van der Waals surface area contributed by atoms with E-state index in [1.54, 1.807) is 0 Å². The van der Waals surface area contributed by atoms with Crippen molar-refractivity contribution in [1.82, 2.24) is 5.32 Å². The fourth-order valence-electron chi connectivity index (χ4n) is 2.04. The molecule has 1 saturated carbocycles. The summed E-state index contributed by atoms with van der Waals surface area (Å²) < 4.78 is 0. The highest BCUT2D eigenvalue weighted by Crippen LogP contribution is 2.39. The van der Waals surface area contributed by atoms with Crippen LogP contribution in [0.3, 0.4) is 0 Å². The van der Waals surface area contributed by atoms with Gasteiger partial charge in [-0.25, -0.2) is 0 Å². The molecule has 1 rings (SSSR count). The normalized spacial score (nSPS) is 29.4. The molecule has 3 unspecified atom stereocenters. The monoisotopic (exact) mass is 240 g/mol. The average Bonchev–Trinajstić information content (AvgIpc) is 2.15. The third kappa shape index (κ3) is 3.21. The molecule has 0 aliphatic heterocycles. The van der Waals surface area contributed by atoms with Crippen molar-refractivity contribution in [3.8, 4) is 0 Å². The van der Waals surface area contributed by atoms with Crippen LogP contribution in [-0.4, -0.2) is 18.0 Å². The van der Waals surface area contributed by atoms with Gasteiger partial charge in [-0.2, -0.15) is 0 Å². The molecule has 3 atom stereocenters. The van der Waals surface area contributed by atoms with E-state index in [1.165, 1.54) is 0 Å². The van der Waals surface area contributed by atoms with Gasteiger partial charge in [0, 0.05) is 23.9 Å². The number of nitrogens with two attached hydrogens (primary N) is 1. The van der Waals surface area contributed by atoms with Crippen molar-refractivity contribution in [3.05, 3.63) is 0 Å². The zero-order valence-corrected chi connectivity index (χ0v) is 12.1. The van der Waals surface area contributed by atoms with E-state index >= 15 is 0 Å². The number of hydrogen-bond acceptors (Lipinski definition) is 2. The van der Waals surface area contributed by atoms with Crippen molar-refractivity contribution in [2.75, 3.05) is 0 Å². The highest BCUT2D eigenvalue weighted by molar-refractivity contribution is 5.76. The molecule has 0 bridgehead atoms. The number of carbonyl (C=O) groups is 1. The molecule has 0 saturated heterocycles. The zero-order chi connectivity index (χ0) is 13.4. The Labute approximate surface area is 106 Å². The first-order chi connectivity index (χ1) is 7.55. The van der Waals surface area contributed by atoms with E-state index in [0.717, 1.165) is 6.42 Å². The SMILES string of the molecule is CC(CC(=O)NC1CC(N)C1(C)C)C(C)(C)C. The summed E-state index contributed by atoms with van der Waals surface area (Å²) in [5.74, 6) is 0.553. The van der Waals surface area contributed by atoms with E-state index in [9.17, 15) is 4.79 Å². The molecule has 0 aromatic rings. The van der Waals surface area contributed by atoms with Gasteiger partial charge in [-0.05, 0) is 17.8 Å². The molecule has 1 aliphatic rings. The van der Waals surface area contributed by atoms with Gasteiger partial charge in [-0.1, -0.05) is 41.5 Å². The topological polar surface area (TPSA) is 55.1 Å². The van der Waals surface area contributed by atoms with Gasteiger partial charge >= 0.3 is 0 Å². The highest BCUT2D eigenvalue weighted by Gasteiger charge is 2.46. The fourth-order valence-corrected chi connectivity index (χ4v) is 2.04. The predicted octanol–water partition coefficient (Wildman–Crippen LogP) is 2.30. The second-order valence-corrected chi connectivity index (χ2v) is 7.25. The Morgan fingerprint density at radius 1 is 1.47 bits per heavy atom. The van der Waals surface area contributed by atoms with Crippen molar-refractivity contribution in [1.29, 1.82) is 0 Å². The van der Waals surface area contributed by atoms with Crippen LogP contribution in [0.15, 0.2) is 0 Å². The van der Waals surface area contributed by atoms with Crippen LogP contribution in [0.1, 0.15) is 54.4 Å². The van der Waals surface area contributed by atoms with Crippen LogP contribution in [0.4, 0.5) is 0 Å². The standard InChI is InChI=1S/C14H28N2O/c1-9(13(2,3)4)7-12(17)16-11-8-10(15)14(11,5)6/h9-11H,7-8,15H2,1-6H3,(H,16,17). The van der Waals surface area contributed by atoms with Crippen LogP contribution in [0.5, 0.6) is 0 Å². The molecule has 0 aromatic carbocycles. The van der Waals surface area contributed by atoms with Gasteiger partial charge in [0.15, 0.2) is 0 Å². The minimum atomic E-state index is 0.0423. The molecule has 3 nitrogen and oxygen atoms in total. The maximum Gasteiger partial charge on any atom is 0.220 e. The van der Waals surface area contributed by atoms with Gasteiger partial charge in [-0.15, -0.1) is 0 Å². The second-order valence-electron chi connectivity index (χ2n) is 7.25. The summed E-state index contributed by atoms with van der Waals surface area (Å²) in [6.45, 7) is 12.9. The lowest BCUT2D eigenvalue weighted by atomic mass is 9.63. The maximum atomic E-state index is 11.9. The molecular weight excluding hydrogens is 212 g/mol. The number of nitrogens with one attached hydrogen (secondary N) is 1. The fraction of sp³-hybridized carbons (Fsp3) is 0.929. The minimum Gasteiger partial charge on any atom is -0.353 e. The minimum absolute atomic E-state index is 0.0423. The van der Waals surface area contributed by atoms with E-state index in [-0.39, 0.29) is 28.8 Å². The Bertz CT molecular complexity index is 291. The predicted molar refractivity (Wildman–Crippen MR) is 71.5 cm³/mol. The molecule has 1 aliphatic carbocycles. The van der Waals surface area contributed by atoms with Gasteiger partial charge in [0.25, 0.3) is 0 Å². The highest BCUT2D eigenvalue weighted by atomic mass is 16.1. The number of amides is 1. The van der Waals surface area contributed by atoms with Crippen molar-refractivity contribution >= 4 is 5.91 Å². The van der Waals surface area contributed by atoms with Gasteiger partial charge in [0.05, 0.1) is 0 Å². The Hall–Kier alpha value is -0.570. The van der Waals surface area contributed by atoms with Gasteiger partial charge in [0.1, 0.15) is 0 Å². The van der Waals surface area contributed by atoms with Crippen LogP contribution in [0.2, 0.25) is 0 Å². The van der Waals surface area contributed by atoms with E-state index < -0.39 is 0 Å². The summed E-state index contributed by atoms with van der Waals surface area (Å²) in [5.41, 5.74) is 6.17. The molecular formula is C14H28N2O. The molecule has 3 heteroatoms. The molecule has 0 spiro atoms. The molecule has 1 fully saturated rings. The zero-order valence-electron chi connectivity index (χ0n) is 12.1. The number of carbonyl (C=O) groups excluding carboxylic acids is 1. The van der Waals surface area contributed by atoms with Crippen molar-refractivity contribution < 1.29 is 4.79 Å². The maximum absolute atomic E-state index is 11.9. The van der Waals surface area contributed by atoms with E-state index in [4.69, 9.17) is 5.73 Å². The van der Waals surface area contributed by atoms with Gasteiger partial charge in [-0.3, -0.25) is 4.79 Å². The quantitative estimate of drug-likeness (QED) is 0.795. The van der Waals surface area contributed by atoms with Gasteiger partial charge in [0.2, 0.25) is 5.91 Å². The molecule has 0 aromatic heterocycles. The Balaban J connectivity index is 2.42. The van der Waals surface area contributed by atoms with Crippen LogP contribution >= 0.6 is 0 Å². The lowest BCUT2D eigenvalue weighted by Crippen LogP contribution is -2.64. The summed E-state index contributed by atoms with van der Waals surface area (Å²) >= 11 is 0.